The molecule has 0 saturated carbocycles. The van der Waals surface area contributed by atoms with Gasteiger partial charge in [-0.15, -0.1) is 11.3 Å². The van der Waals surface area contributed by atoms with Crippen molar-refractivity contribution in [3.05, 3.63) is 89.6 Å². The van der Waals surface area contributed by atoms with Crippen LogP contribution in [0.2, 0.25) is 0 Å². The molecule has 1 aromatic heterocycles. The Kier molecular flexibility index (Phi) is 6.39. The summed E-state index contributed by atoms with van der Waals surface area (Å²) >= 11 is 1.62. The van der Waals surface area contributed by atoms with Crippen LogP contribution in [0.25, 0.3) is 21.8 Å². The highest BCUT2D eigenvalue weighted by atomic mass is 32.2. The number of thioether (sulfide) groups is 1. The second-order valence-corrected chi connectivity index (χ2v) is 8.28. The van der Waals surface area contributed by atoms with E-state index in [9.17, 15) is 18.0 Å². The highest BCUT2D eigenvalue weighted by molar-refractivity contribution is 7.99. The number of nitrogens with one attached hydrogen (secondary N) is 1. The molecule has 0 radical (unpaired) electrons. The van der Waals surface area contributed by atoms with E-state index in [4.69, 9.17) is 0 Å². The quantitative estimate of drug-likeness (QED) is 0.312. The van der Waals surface area contributed by atoms with Crippen molar-refractivity contribution >= 4 is 34.7 Å². The lowest BCUT2D eigenvalue weighted by molar-refractivity contribution is 0.102. The first-order chi connectivity index (χ1) is 15.0. The van der Waals surface area contributed by atoms with E-state index in [-0.39, 0.29) is 16.3 Å². The van der Waals surface area contributed by atoms with Gasteiger partial charge in [-0.25, -0.2) is 9.37 Å². The van der Waals surface area contributed by atoms with Gasteiger partial charge in [0, 0.05) is 21.4 Å². The van der Waals surface area contributed by atoms with Crippen LogP contribution in [0.1, 0.15) is 10.4 Å². The van der Waals surface area contributed by atoms with Crippen LogP contribution in [0.3, 0.4) is 0 Å². The Morgan fingerprint density at radius 3 is 2.39 bits per heavy atom. The van der Waals surface area contributed by atoms with Gasteiger partial charge in [0.1, 0.15) is 10.8 Å². The molecule has 4 aromatic rings. The molecular weight excluding hydrogens is 441 g/mol. The third-order valence-corrected chi connectivity index (χ3v) is 6.07. The van der Waals surface area contributed by atoms with Gasteiger partial charge in [0.15, 0.2) is 0 Å². The second-order valence-electron chi connectivity index (χ2n) is 6.39. The monoisotopic (exact) mass is 456 g/mol. The lowest BCUT2D eigenvalue weighted by Gasteiger charge is -2.12. The summed E-state index contributed by atoms with van der Waals surface area (Å²) in [6.45, 7) is 0. The van der Waals surface area contributed by atoms with Crippen LogP contribution >= 0.6 is 23.1 Å². The second kappa shape index (κ2) is 9.36. The molecule has 1 amide bonds. The zero-order valence-corrected chi connectivity index (χ0v) is 17.5. The lowest BCUT2D eigenvalue weighted by Crippen LogP contribution is -2.14. The number of carbonyl (C=O) groups excluding carboxylic acids is 1. The minimum atomic E-state index is -2.63. The summed E-state index contributed by atoms with van der Waals surface area (Å²) < 4.78 is 39.8. The van der Waals surface area contributed by atoms with E-state index in [0.29, 0.717) is 39.3 Å². The van der Waals surface area contributed by atoms with Crippen molar-refractivity contribution in [3.63, 3.8) is 0 Å². The predicted molar refractivity (Wildman–Crippen MR) is 119 cm³/mol. The molecule has 156 valence electrons. The molecule has 3 nitrogen and oxygen atoms in total. The van der Waals surface area contributed by atoms with Crippen molar-refractivity contribution in [2.24, 2.45) is 0 Å². The number of hydrogen-bond acceptors (Lipinski definition) is 4. The Morgan fingerprint density at radius 1 is 0.935 bits per heavy atom. The maximum absolute atomic E-state index is 14.1. The Morgan fingerprint density at radius 2 is 1.61 bits per heavy atom. The number of para-hydroxylation sites is 1. The highest BCUT2D eigenvalue weighted by Gasteiger charge is 2.18. The molecule has 0 fully saturated rings. The number of benzene rings is 3. The molecular formula is C23H15F3N2OS2. The molecule has 8 heteroatoms. The Balaban J connectivity index is 1.64. The predicted octanol–water partition coefficient (Wildman–Crippen LogP) is 7.18. The average Bonchev–Trinajstić information content (AvgIpc) is 3.24. The van der Waals surface area contributed by atoms with Crippen molar-refractivity contribution in [2.45, 2.75) is 10.7 Å². The zero-order chi connectivity index (χ0) is 21.8. The fourth-order valence-electron chi connectivity index (χ4n) is 3.01. The van der Waals surface area contributed by atoms with Crippen LogP contribution in [-0.4, -0.2) is 16.6 Å². The van der Waals surface area contributed by atoms with E-state index >= 15 is 0 Å². The van der Waals surface area contributed by atoms with Gasteiger partial charge < -0.3 is 5.32 Å². The molecule has 0 unspecified atom stereocenters. The molecule has 0 spiro atoms. The van der Waals surface area contributed by atoms with Gasteiger partial charge in [0.05, 0.1) is 16.9 Å². The van der Waals surface area contributed by atoms with Crippen molar-refractivity contribution in [3.8, 4) is 21.8 Å². The fourth-order valence-corrected chi connectivity index (χ4v) is 4.50. The van der Waals surface area contributed by atoms with Crippen molar-refractivity contribution in [2.75, 3.05) is 5.32 Å². The fraction of sp³-hybridized carbons (Fsp3) is 0.0435. The summed E-state index contributed by atoms with van der Waals surface area (Å²) in [5.41, 5.74) is 2.27. The van der Waals surface area contributed by atoms with Gasteiger partial charge in [0.2, 0.25) is 0 Å². The minimum Gasteiger partial charge on any atom is -0.321 e. The topological polar surface area (TPSA) is 42.0 Å². The maximum atomic E-state index is 14.1. The first-order valence-corrected chi connectivity index (χ1v) is 10.9. The van der Waals surface area contributed by atoms with E-state index in [0.717, 1.165) is 0 Å². The number of carbonyl (C=O) groups is 1. The van der Waals surface area contributed by atoms with Crippen LogP contribution in [-0.2, 0) is 0 Å². The van der Waals surface area contributed by atoms with E-state index in [1.54, 1.807) is 60.0 Å². The number of halogens is 3. The molecule has 0 atom stereocenters. The average molecular weight is 457 g/mol. The van der Waals surface area contributed by atoms with Gasteiger partial charge in [-0.3, -0.25) is 4.79 Å². The summed E-state index contributed by atoms with van der Waals surface area (Å²) in [6, 6.07) is 19.6. The lowest BCUT2D eigenvalue weighted by atomic mass is 10.1. The van der Waals surface area contributed by atoms with Crippen LogP contribution in [0, 0.1) is 5.82 Å². The SMILES string of the molecule is O=C(Nc1ccccc1-c1csc(-c2ccccc2F)n1)c1ccccc1SC(F)F. The van der Waals surface area contributed by atoms with Crippen LogP contribution < -0.4 is 5.32 Å². The van der Waals surface area contributed by atoms with E-state index < -0.39 is 11.7 Å². The maximum Gasteiger partial charge on any atom is 0.288 e. The molecule has 3 aromatic carbocycles. The Bertz CT molecular complexity index is 1230. The Hall–Kier alpha value is -3.10. The first kappa shape index (κ1) is 21.1. The summed E-state index contributed by atoms with van der Waals surface area (Å²) in [7, 11) is 0. The largest absolute Gasteiger partial charge is 0.321 e. The minimum absolute atomic E-state index is 0.160. The van der Waals surface area contributed by atoms with E-state index in [2.05, 4.69) is 10.3 Å². The van der Waals surface area contributed by atoms with Crippen LogP contribution in [0.4, 0.5) is 18.9 Å². The van der Waals surface area contributed by atoms with Crippen molar-refractivity contribution in [1.82, 2.24) is 4.98 Å². The number of amides is 1. The Labute approximate surface area is 185 Å². The van der Waals surface area contributed by atoms with Crippen molar-refractivity contribution in [1.29, 1.82) is 0 Å². The van der Waals surface area contributed by atoms with Gasteiger partial charge in [0.25, 0.3) is 11.7 Å². The number of rotatable bonds is 6. The van der Waals surface area contributed by atoms with Gasteiger partial charge in [-0.1, -0.05) is 54.2 Å². The zero-order valence-electron chi connectivity index (χ0n) is 15.9. The third kappa shape index (κ3) is 4.81. The number of anilines is 1. The number of hydrogen-bond donors (Lipinski definition) is 1. The van der Waals surface area contributed by atoms with E-state index in [1.807, 2.05) is 0 Å². The number of aromatic nitrogens is 1. The molecule has 4 rings (SSSR count). The summed E-state index contributed by atoms with van der Waals surface area (Å²) in [4.78, 5) is 17.6. The van der Waals surface area contributed by atoms with Gasteiger partial charge in [-0.2, -0.15) is 8.78 Å². The molecule has 31 heavy (non-hydrogen) atoms. The molecule has 0 aliphatic heterocycles. The number of thiazole rings is 1. The van der Waals surface area contributed by atoms with E-state index in [1.165, 1.54) is 29.5 Å². The smallest absolute Gasteiger partial charge is 0.288 e. The van der Waals surface area contributed by atoms with Gasteiger partial charge in [-0.05, 0) is 30.3 Å². The molecule has 0 bridgehead atoms. The van der Waals surface area contributed by atoms with Gasteiger partial charge >= 0.3 is 0 Å². The molecule has 0 saturated heterocycles. The number of nitrogens with zero attached hydrogens (tertiary/aromatic N) is 1. The summed E-state index contributed by atoms with van der Waals surface area (Å²) in [5.74, 6) is -3.49. The summed E-state index contributed by atoms with van der Waals surface area (Å²) in [6.07, 6.45) is 0. The first-order valence-electron chi connectivity index (χ1n) is 9.18. The van der Waals surface area contributed by atoms with Crippen LogP contribution in [0.5, 0.6) is 0 Å². The molecule has 1 N–H and O–H groups in total. The number of alkyl halides is 2. The highest BCUT2D eigenvalue weighted by Crippen LogP contribution is 2.34. The normalized spacial score (nSPS) is 11.0. The molecule has 1 heterocycles. The summed E-state index contributed by atoms with van der Waals surface area (Å²) in [5, 5.41) is 5.10. The molecule has 0 aliphatic rings. The van der Waals surface area contributed by atoms with Crippen molar-refractivity contribution < 1.29 is 18.0 Å². The van der Waals surface area contributed by atoms with Crippen LogP contribution in [0.15, 0.2) is 83.1 Å². The standard InChI is InChI=1S/C23H15F3N2OS2/c24-17-10-4-1-7-14(17)22-28-19(13-30-22)15-8-2-5-11-18(15)27-21(29)16-9-3-6-12-20(16)31-23(25)26/h1-13,23H,(H,27,29). The molecule has 0 aliphatic carbocycles. The third-order valence-electron chi connectivity index (χ3n) is 4.41.